The number of nitrogens with one attached hydrogen (secondary N) is 1. The highest BCUT2D eigenvalue weighted by Gasteiger charge is 2.36. The Hall–Kier alpha value is -3.35. The number of likely N-dealkylation sites (tertiary alicyclic amines) is 2. The van der Waals surface area contributed by atoms with Crippen molar-refractivity contribution in [2.75, 3.05) is 33.3 Å². The molecule has 4 rings (SSSR count). The first-order chi connectivity index (χ1) is 17.0. The van der Waals surface area contributed by atoms with Gasteiger partial charge in [0.1, 0.15) is 11.8 Å². The van der Waals surface area contributed by atoms with Crippen LogP contribution < -0.4 is 10.1 Å². The molecular formula is C28H35N3O4. The number of benzene rings is 2. The maximum absolute atomic E-state index is 13.6. The van der Waals surface area contributed by atoms with Crippen LogP contribution in [-0.2, 0) is 4.79 Å². The van der Waals surface area contributed by atoms with Gasteiger partial charge in [-0.3, -0.25) is 14.4 Å². The molecule has 1 atom stereocenters. The molecule has 2 aromatic carbocycles. The molecule has 186 valence electrons. The van der Waals surface area contributed by atoms with Crippen molar-refractivity contribution in [1.29, 1.82) is 0 Å². The van der Waals surface area contributed by atoms with Crippen molar-refractivity contribution in [3.63, 3.8) is 0 Å². The van der Waals surface area contributed by atoms with Crippen molar-refractivity contribution in [3.05, 3.63) is 65.2 Å². The number of hydrogen-bond acceptors (Lipinski definition) is 4. The Kier molecular flexibility index (Phi) is 8.06. The molecule has 0 saturated carbocycles. The lowest BCUT2D eigenvalue weighted by molar-refractivity contribution is -0.136. The maximum Gasteiger partial charge on any atom is 0.254 e. The van der Waals surface area contributed by atoms with Gasteiger partial charge in [0, 0.05) is 37.3 Å². The van der Waals surface area contributed by atoms with E-state index in [1.165, 1.54) is 0 Å². The summed E-state index contributed by atoms with van der Waals surface area (Å²) in [6, 6.07) is 13.9. The predicted molar refractivity (Wildman–Crippen MR) is 134 cm³/mol. The fourth-order valence-corrected chi connectivity index (χ4v) is 5.08. The lowest BCUT2D eigenvalue weighted by Gasteiger charge is -2.38. The first kappa shape index (κ1) is 24.8. The summed E-state index contributed by atoms with van der Waals surface area (Å²) in [6.07, 6.45) is 4.46. The highest BCUT2D eigenvalue weighted by atomic mass is 16.5. The third-order valence-corrected chi connectivity index (χ3v) is 7.25. The van der Waals surface area contributed by atoms with Gasteiger partial charge in [-0.25, -0.2) is 0 Å². The van der Waals surface area contributed by atoms with Crippen LogP contribution in [0.5, 0.6) is 5.75 Å². The Morgan fingerprint density at radius 1 is 0.886 bits per heavy atom. The second kappa shape index (κ2) is 11.4. The maximum atomic E-state index is 13.6. The molecule has 0 spiro atoms. The highest BCUT2D eigenvalue weighted by molar-refractivity contribution is 5.98. The van der Waals surface area contributed by atoms with Crippen LogP contribution >= 0.6 is 0 Å². The van der Waals surface area contributed by atoms with Crippen LogP contribution in [0.4, 0.5) is 0 Å². The SMILES string of the molecule is COc1ccc(C(=O)NC(C(=O)N2CCCCC2)C2CCN(C(=O)c3ccccc3C)CC2)cc1. The molecule has 2 heterocycles. The Morgan fingerprint density at radius 3 is 2.17 bits per heavy atom. The molecule has 2 saturated heterocycles. The van der Waals surface area contributed by atoms with E-state index in [0.717, 1.165) is 43.5 Å². The summed E-state index contributed by atoms with van der Waals surface area (Å²) in [5.74, 6) is 0.417. The Balaban J connectivity index is 1.47. The zero-order chi connectivity index (χ0) is 24.8. The van der Waals surface area contributed by atoms with E-state index in [-0.39, 0.29) is 23.6 Å². The van der Waals surface area contributed by atoms with Gasteiger partial charge in [0.05, 0.1) is 7.11 Å². The molecule has 7 nitrogen and oxygen atoms in total. The van der Waals surface area contributed by atoms with E-state index in [2.05, 4.69) is 5.32 Å². The minimum Gasteiger partial charge on any atom is -0.497 e. The molecule has 2 aliphatic heterocycles. The van der Waals surface area contributed by atoms with Gasteiger partial charge in [0.15, 0.2) is 0 Å². The number of carbonyl (C=O) groups excluding carboxylic acids is 3. The van der Waals surface area contributed by atoms with E-state index in [9.17, 15) is 14.4 Å². The van der Waals surface area contributed by atoms with Gasteiger partial charge in [0.2, 0.25) is 5.91 Å². The minimum absolute atomic E-state index is 0.00441. The van der Waals surface area contributed by atoms with E-state index < -0.39 is 6.04 Å². The van der Waals surface area contributed by atoms with Crippen LogP contribution in [0.15, 0.2) is 48.5 Å². The third-order valence-electron chi connectivity index (χ3n) is 7.25. The molecule has 7 heteroatoms. The van der Waals surface area contributed by atoms with Crippen LogP contribution in [0, 0.1) is 12.8 Å². The molecule has 1 N–H and O–H groups in total. The lowest BCUT2D eigenvalue weighted by atomic mass is 9.87. The Morgan fingerprint density at radius 2 is 1.54 bits per heavy atom. The van der Waals surface area contributed by atoms with Gasteiger partial charge >= 0.3 is 0 Å². The second-order valence-electron chi connectivity index (χ2n) is 9.51. The van der Waals surface area contributed by atoms with Gasteiger partial charge in [-0.15, -0.1) is 0 Å². The Bertz CT molecular complexity index is 1040. The summed E-state index contributed by atoms with van der Waals surface area (Å²) >= 11 is 0. The number of carbonyl (C=O) groups is 3. The average molecular weight is 478 g/mol. The molecule has 3 amide bonds. The lowest BCUT2D eigenvalue weighted by Crippen LogP contribution is -2.55. The monoisotopic (exact) mass is 477 g/mol. The van der Waals surface area contributed by atoms with Gasteiger partial charge < -0.3 is 19.9 Å². The van der Waals surface area contributed by atoms with Crippen LogP contribution in [0.25, 0.3) is 0 Å². The second-order valence-corrected chi connectivity index (χ2v) is 9.51. The van der Waals surface area contributed by atoms with E-state index in [4.69, 9.17) is 4.74 Å². The molecule has 0 radical (unpaired) electrons. The van der Waals surface area contributed by atoms with Gasteiger partial charge in [-0.1, -0.05) is 18.2 Å². The number of ether oxygens (including phenoxy) is 1. The van der Waals surface area contributed by atoms with Crippen molar-refractivity contribution in [2.45, 2.75) is 45.1 Å². The van der Waals surface area contributed by atoms with E-state index in [1.54, 1.807) is 31.4 Å². The third kappa shape index (κ3) is 5.84. The first-order valence-corrected chi connectivity index (χ1v) is 12.6. The van der Waals surface area contributed by atoms with Crippen LogP contribution in [0.1, 0.15) is 58.4 Å². The molecule has 2 fully saturated rings. The van der Waals surface area contributed by atoms with Crippen molar-refractivity contribution in [2.24, 2.45) is 5.92 Å². The normalized spacial score (nSPS) is 17.5. The van der Waals surface area contributed by atoms with Crippen LogP contribution in [0.3, 0.4) is 0 Å². The van der Waals surface area contributed by atoms with E-state index in [1.807, 2.05) is 41.0 Å². The van der Waals surface area contributed by atoms with Gasteiger partial charge in [-0.05, 0) is 80.8 Å². The predicted octanol–water partition coefficient (Wildman–Crippen LogP) is 3.67. The van der Waals surface area contributed by atoms with Gasteiger partial charge in [0.25, 0.3) is 11.8 Å². The smallest absolute Gasteiger partial charge is 0.254 e. The molecular weight excluding hydrogens is 442 g/mol. The highest BCUT2D eigenvalue weighted by Crippen LogP contribution is 2.25. The fraction of sp³-hybridized carbons (Fsp3) is 0.464. The fourth-order valence-electron chi connectivity index (χ4n) is 5.08. The number of nitrogens with zero attached hydrogens (tertiary/aromatic N) is 2. The first-order valence-electron chi connectivity index (χ1n) is 12.6. The number of amides is 3. The summed E-state index contributed by atoms with van der Waals surface area (Å²) in [7, 11) is 1.58. The summed E-state index contributed by atoms with van der Waals surface area (Å²) in [6.45, 7) is 4.55. The van der Waals surface area contributed by atoms with E-state index >= 15 is 0 Å². The zero-order valence-electron chi connectivity index (χ0n) is 20.7. The van der Waals surface area contributed by atoms with Crippen LogP contribution in [-0.4, -0.2) is 66.9 Å². The number of hydrogen-bond donors (Lipinski definition) is 1. The average Bonchev–Trinajstić information content (AvgIpc) is 2.92. The van der Waals surface area contributed by atoms with Crippen molar-refractivity contribution in [3.8, 4) is 5.75 Å². The van der Waals surface area contributed by atoms with Crippen molar-refractivity contribution in [1.82, 2.24) is 15.1 Å². The molecule has 0 aromatic heterocycles. The summed E-state index contributed by atoms with van der Waals surface area (Å²) in [5, 5.41) is 3.05. The number of piperidine rings is 2. The molecule has 1 unspecified atom stereocenters. The topological polar surface area (TPSA) is 79.0 Å². The standard InChI is InChI=1S/C28H35N3O4/c1-20-8-4-5-9-24(20)27(33)31-18-14-21(15-19-31)25(28(34)30-16-6-3-7-17-30)29-26(32)22-10-12-23(35-2)13-11-22/h4-5,8-13,21,25H,3,6-7,14-19H2,1-2H3,(H,29,32). The van der Waals surface area contributed by atoms with Gasteiger partial charge in [-0.2, -0.15) is 0 Å². The van der Waals surface area contributed by atoms with Crippen LogP contribution in [0.2, 0.25) is 0 Å². The molecule has 2 aliphatic rings. The van der Waals surface area contributed by atoms with Crippen molar-refractivity contribution >= 4 is 17.7 Å². The molecule has 0 bridgehead atoms. The summed E-state index contributed by atoms with van der Waals surface area (Å²) < 4.78 is 5.19. The van der Waals surface area contributed by atoms with Crippen molar-refractivity contribution < 1.29 is 19.1 Å². The Labute approximate surface area is 207 Å². The summed E-state index contributed by atoms with van der Waals surface area (Å²) in [5.41, 5.74) is 2.18. The molecule has 2 aromatic rings. The quantitative estimate of drug-likeness (QED) is 0.689. The minimum atomic E-state index is -0.599. The zero-order valence-corrected chi connectivity index (χ0v) is 20.7. The van der Waals surface area contributed by atoms with E-state index in [0.29, 0.717) is 37.2 Å². The largest absolute Gasteiger partial charge is 0.497 e. The number of methoxy groups -OCH3 is 1. The summed E-state index contributed by atoms with van der Waals surface area (Å²) in [4.78, 5) is 43.5. The number of rotatable bonds is 6. The molecule has 0 aliphatic carbocycles. The number of aryl methyl sites for hydroxylation is 1. The molecule has 35 heavy (non-hydrogen) atoms.